The number of ether oxygens (including phenoxy) is 1. The lowest BCUT2D eigenvalue weighted by Gasteiger charge is -2.64. The number of amides is 3. The summed E-state index contributed by atoms with van der Waals surface area (Å²) in [5.41, 5.74) is 1.93. The number of Topliss-reactive ketones (excluding diaryl/α,β-unsaturated/α-hetero) is 2. The maximum atomic E-state index is 14.4. The van der Waals surface area contributed by atoms with Crippen molar-refractivity contribution in [1.29, 1.82) is 0 Å². The van der Waals surface area contributed by atoms with Crippen LogP contribution in [0.3, 0.4) is 0 Å². The number of piperidine rings is 1. The molecule has 10 atom stereocenters. The number of hydrogen-bond acceptors (Lipinski definition) is 8. The molecular weight excluding hydrogens is 853 g/mol. The van der Waals surface area contributed by atoms with Crippen LogP contribution in [0.15, 0.2) is 24.3 Å². The van der Waals surface area contributed by atoms with Crippen molar-refractivity contribution < 1.29 is 38.0 Å². The van der Waals surface area contributed by atoms with Crippen LogP contribution in [0.5, 0.6) is 0 Å². The molecule has 1 aromatic carbocycles. The van der Waals surface area contributed by atoms with E-state index in [4.69, 9.17) is 14.0 Å². The second kappa shape index (κ2) is 24.8. The molecule has 3 aliphatic carbocycles. The van der Waals surface area contributed by atoms with Gasteiger partial charge in [-0.1, -0.05) is 118 Å². The quantitative estimate of drug-likeness (QED) is 0.0656. The van der Waals surface area contributed by atoms with Gasteiger partial charge in [-0.2, -0.15) is 0 Å². The fourth-order valence-electron chi connectivity index (χ4n) is 11.9. The summed E-state index contributed by atoms with van der Waals surface area (Å²) in [6.07, 6.45) is 13.2. The van der Waals surface area contributed by atoms with Crippen LogP contribution in [-0.4, -0.2) is 89.9 Å². The minimum atomic E-state index is -1.04. The largest absolute Gasteiger partial charge is 0.461 e. The average molecular weight is 946 g/mol. The predicted molar refractivity (Wildman–Crippen MR) is 272 cm³/mol. The first-order chi connectivity index (χ1) is 32.1. The number of unbranched alkanes of at least 4 members (excludes halogenated alkanes) is 5. The Morgan fingerprint density at radius 1 is 0.794 bits per heavy atom. The molecule has 2 aliphatic heterocycles. The lowest BCUT2D eigenvalue weighted by Crippen LogP contribution is -2.65. The van der Waals surface area contributed by atoms with E-state index in [9.17, 15) is 24.0 Å². The van der Waals surface area contributed by atoms with E-state index in [2.05, 4.69) is 76.4 Å². The molecule has 3 amide bonds. The van der Waals surface area contributed by atoms with Crippen LogP contribution < -0.4 is 10.6 Å². The highest BCUT2D eigenvalue weighted by Crippen LogP contribution is 2.66. The summed E-state index contributed by atoms with van der Waals surface area (Å²) in [7, 11) is -0.484. The number of hydrogen-bond donors (Lipinski definition) is 2. The van der Waals surface area contributed by atoms with Crippen LogP contribution in [0, 0.1) is 29.1 Å². The maximum Gasteiger partial charge on any atom is 0.461 e. The van der Waals surface area contributed by atoms with Crippen molar-refractivity contribution in [2.24, 2.45) is 29.1 Å². The monoisotopic (exact) mass is 946 g/mol. The summed E-state index contributed by atoms with van der Waals surface area (Å²) in [4.78, 5) is 72.6. The van der Waals surface area contributed by atoms with E-state index in [1.807, 2.05) is 32.6 Å². The van der Waals surface area contributed by atoms with Crippen LogP contribution in [0.1, 0.15) is 209 Å². The molecule has 12 heteroatoms. The molecule has 68 heavy (non-hydrogen) atoms. The Labute approximate surface area is 412 Å². The van der Waals surface area contributed by atoms with Crippen molar-refractivity contribution in [3.05, 3.63) is 35.4 Å². The van der Waals surface area contributed by atoms with Gasteiger partial charge in [-0.05, 0) is 126 Å². The Morgan fingerprint density at radius 3 is 2.03 bits per heavy atom. The Kier molecular flexibility index (Phi) is 20.4. The smallest absolute Gasteiger partial charge is 0.405 e. The van der Waals surface area contributed by atoms with Gasteiger partial charge in [0.25, 0.3) is 0 Å². The van der Waals surface area contributed by atoms with E-state index in [0.29, 0.717) is 43.7 Å². The lowest BCUT2D eigenvalue weighted by molar-refractivity contribution is -0.199. The summed E-state index contributed by atoms with van der Waals surface area (Å²) in [6, 6.07) is 7.24. The fourth-order valence-corrected chi connectivity index (χ4v) is 11.9. The van der Waals surface area contributed by atoms with Gasteiger partial charge >= 0.3 is 7.12 Å². The van der Waals surface area contributed by atoms with Crippen LogP contribution in [0.4, 0.5) is 0 Å². The zero-order valence-corrected chi connectivity index (χ0v) is 44.5. The van der Waals surface area contributed by atoms with Crippen LogP contribution in [-0.2, 0) is 44.4 Å². The Balaban J connectivity index is 1.20. The number of rotatable bonds is 27. The maximum absolute atomic E-state index is 14.4. The normalized spacial score (nSPS) is 25.0. The minimum Gasteiger partial charge on any atom is -0.405 e. The van der Waals surface area contributed by atoms with Crippen molar-refractivity contribution in [2.45, 2.75) is 246 Å². The molecule has 0 unspecified atom stereocenters. The molecule has 5 aliphatic rings. The van der Waals surface area contributed by atoms with Gasteiger partial charge in [0.1, 0.15) is 6.04 Å². The Morgan fingerprint density at radius 2 is 1.43 bits per heavy atom. The molecule has 0 spiro atoms. The van der Waals surface area contributed by atoms with Gasteiger partial charge in [-0.25, -0.2) is 0 Å². The molecule has 0 aromatic heterocycles. The first kappa shape index (κ1) is 55.8. The number of carbonyl (C=O) groups excluding carboxylic acids is 5. The van der Waals surface area contributed by atoms with E-state index in [-0.39, 0.29) is 71.5 Å². The van der Waals surface area contributed by atoms with Crippen LogP contribution >= 0.6 is 0 Å². The number of carbonyl (C=O) groups is 5. The van der Waals surface area contributed by atoms with Crippen molar-refractivity contribution in [3.8, 4) is 0 Å². The van der Waals surface area contributed by atoms with Gasteiger partial charge in [-0.15, -0.1) is 0 Å². The lowest BCUT2D eigenvalue weighted by atomic mass is 9.43. The number of nitrogens with zero attached hydrogens (tertiary/aromatic N) is 1. The molecule has 5 fully saturated rings. The summed E-state index contributed by atoms with van der Waals surface area (Å²) < 4.78 is 19.5. The molecule has 6 rings (SSSR count). The third-order valence-corrected chi connectivity index (χ3v) is 16.4. The highest BCUT2D eigenvalue weighted by molar-refractivity contribution is 6.47. The van der Waals surface area contributed by atoms with Gasteiger partial charge < -0.3 is 29.6 Å². The first-order valence-electron chi connectivity index (χ1n) is 27.1. The van der Waals surface area contributed by atoms with E-state index in [0.717, 1.165) is 70.6 Å². The molecule has 0 radical (unpaired) electrons. The second-order valence-electron chi connectivity index (χ2n) is 23.4. The van der Waals surface area contributed by atoms with Crippen LogP contribution in [0.2, 0.25) is 5.82 Å². The van der Waals surface area contributed by atoms with Crippen molar-refractivity contribution >= 4 is 36.4 Å². The fraction of sp³-hybridized carbons (Fsp3) is 0.804. The van der Waals surface area contributed by atoms with E-state index in [1.165, 1.54) is 24.0 Å². The van der Waals surface area contributed by atoms with Gasteiger partial charge in [0.15, 0.2) is 11.6 Å². The van der Waals surface area contributed by atoms with Gasteiger partial charge in [0.05, 0.1) is 29.5 Å². The van der Waals surface area contributed by atoms with Gasteiger partial charge in [-0.3, -0.25) is 24.0 Å². The standard InChI is InChI=1S/C56H92BN3O8/c1-13-16-19-22-43(34-50(63)60-30-28-42(29-31-60)41-26-24-40(25-27-41)21-18-15-3)53(65)59-51(39(6)66-54(7,8)9)47(62)32-37(4)52(64)58-45(23-20-17-14-2)46(61)33-38(5)57-67-49-36-44-35-48(55(44,10)11)56(49,12)68-57/h24-27,37-39,42-45,48-49,51H,13-23,28-36H2,1-12H3,(H,58,64)(H,59,65)/t37-,38-,39-,43-,44+,45+,48+,49-,51+,56+/m1/s1. The Hall–Kier alpha value is -3.09. The molecule has 2 heterocycles. The number of likely N-dealkylation sites (tertiary alicyclic amines) is 1. The molecule has 3 saturated carbocycles. The molecule has 2 saturated heterocycles. The minimum absolute atomic E-state index is 0.0252. The number of ketones is 2. The molecule has 1 aromatic rings. The summed E-state index contributed by atoms with van der Waals surface area (Å²) >= 11 is 0. The first-order valence-corrected chi connectivity index (χ1v) is 27.1. The third kappa shape index (κ3) is 14.5. The van der Waals surface area contributed by atoms with E-state index >= 15 is 0 Å². The Bertz CT molecular complexity index is 1820. The highest BCUT2D eigenvalue weighted by atomic mass is 16.7. The number of aryl methyl sites for hydroxylation is 1. The van der Waals surface area contributed by atoms with E-state index < -0.39 is 42.7 Å². The van der Waals surface area contributed by atoms with Crippen molar-refractivity contribution in [2.75, 3.05) is 13.1 Å². The summed E-state index contributed by atoms with van der Waals surface area (Å²) in [6.45, 7) is 25.8. The highest BCUT2D eigenvalue weighted by Gasteiger charge is 2.68. The van der Waals surface area contributed by atoms with Crippen LogP contribution in [0.25, 0.3) is 0 Å². The predicted octanol–water partition coefficient (Wildman–Crippen LogP) is 10.7. The van der Waals surface area contributed by atoms with E-state index in [1.54, 1.807) is 13.8 Å². The summed E-state index contributed by atoms with van der Waals surface area (Å²) in [5, 5.41) is 6.09. The van der Waals surface area contributed by atoms with Gasteiger partial charge in [0, 0.05) is 44.2 Å². The molecule has 382 valence electrons. The zero-order chi connectivity index (χ0) is 50.0. The summed E-state index contributed by atoms with van der Waals surface area (Å²) in [5.74, 6) is -1.26. The molecular formula is C56H92BN3O8. The number of nitrogens with one attached hydrogen (secondary N) is 2. The molecule has 11 nitrogen and oxygen atoms in total. The second-order valence-corrected chi connectivity index (χ2v) is 23.4. The molecule has 2 bridgehead atoms. The average Bonchev–Trinajstić information content (AvgIpc) is 3.66. The topological polar surface area (TPSA) is 140 Å². The SMILES string of the molecule is CCCCC[C@H](CC(=O)N1CCC(c2ccc(CCCC)cc2)CC1)C(=O)N[C@H](C(=O)C[C@@H](C)C(=O)N[C@@H](CCCCC)C(=O)C[C@@H](C)B1O[C@@H]2C[C@@H]3C[C@@H](C3(C)C)[C@]2(C)O1)[C@@H](C)OC(C)(C)C. The van der Waals surface area contributed by atoms with Crippen molar-refractivity contribution in [1.82, 2.24) is 15.5 Å². The molecule has 2 N–H and O–H groups in total. The zero-order valence-electron chi connectivity index (χ0n) is 44.5. The number of benzene rings is 1. The van der Waals surface area contributed by atoms with Gasteiger partial charge in [0.2, 0.25) is 17.7 Å². The third-order valence-electron chi connectivity index (χ3n) is 16.4. The van der Waals surface area contributed by atoms with Crippen molar-refractivity contribution in [3.63, 3.8) is 0 Å².